The standard InChI is InChI=1S/C19H30N2O3/c1-13(21(6)18(22)24-19(3,4)5)12-20-14(2)15-7-8-17-16(11-15)9-10-23-17/h7-8,11,13-14,20H,9-10,12H2,1-6H3. The van der Waals surface area contributed by atoms with Gasteiger partial charge in [-0.25, -0.2) is 4.79 Å². The van der Waals surface area contributed by atoms with Crippen LogP contribution in [-0.2, 0) is 11.2 Å². The molecule has 1 heterocycles. The quantitative estimate of drug-likeness (QED) is 0.895. The van der Waals surface area contributed by atoms with Crippen LogP contribution in [0, 0.1) is 0 Å². The molecule has 1 N–H and O–H groups in total. The van der Waals surface area contributed by atoms with Gasteiger partial charge in [-0.1, -0.05) is 12.1 Å². The highest BCUT2D eigenvalue weighted by molar-refractivity contribution is 5.68. The average Bonchev–Trinajstić information content (AvgIpc) is 2.97. The zero-order chi connectivity index (χ0) is 17.9. The lowest BCUT2D eigenvalue weighted by atomic mass is 10.0. The molecule has 2 rings (SSSR count). The lowest BCUT2D eigenvalue weighted by Gasteiger charge is -2.29. The van der Waals surface area contributed by atoms with E-state index in [-0.39, 0.29) is 18.2 Å². The summed E-state index contributed by atoms with van der Waals surface area (Å²) in [6, 6.07) is 6.61. The Balaban J connectivity index is 1.86. The van der Waals surface area contributed by atoms with Crippen LogP contribution in [0.5, 0.6) is 5.75 Å². The third kappa shape index (κ3) is 4.87. The largest absolute Gasteiger partial charge is 0.493 e. The van der Waals surface area contributed by atoms with Gasteiger partial charge in [-0.15, -0.1) is 0 Å². The number of hydrogen-bond donors (Lipinski definition) is 1. The molecule has 1 aromatic carbocycles. The Labute approximate surface area is 145 Å². The molecule has 5 heteroatoms. The van der Waals surface area contributed by atoms with Crippen molar-refractivity contribution in [1.29, 1.82) is 0 Å². The summed E-state index contributed by atoms with van der Waals surface area (Å²) >= 11 is 0. The summed E-state index contributed by atoms with van der Waals surface area (Å²) in [7, 11) is 1.78. The molecule has 0 aliphatic carbocycles. The molecule has 134 valence electrons. The minimum absolute atomic E-state index is 0.0417. The summed E-state index contributed by atoms with van der Waals surface area (Å²) in [5.74, 6) is 1.00. The van der Waals surface area contributed by atoms with Gasteiger partial charge in [0.15, 0.2) is 0 Å². The van der Waals surface area contributed by atoms with Crippen molar-refractivity contribution in [3.8, 4) is 5.75 Å². The average molecular weight is 334 g/mol. The Morgan fingerprint density at radius 1 is 1.38 bits per heavy atom. The van der Waals surface area contributed by atoms with Crippen molar-refractivity contribution in [1.82, 2.24) is 10.2 Å². The van der Waals surface area contributed by atoms with Crippen LogP contribution in [0.15, 0.2) is 18.2 Å². The van der Waals surface area contributed by atoms with E-state index in [9.17, 15) is 4.79 Å². The summed E-state index contributed by atoms with van der Waals surface area (Å²) in [6.07, 6.45) is 0.687. The van der Waals surface area contributed by atoms with Gasteiger partial charge < -0.3 is 19.7 Å². The second-order valence-electron chi connectivity index (χ2n) is 7.54. The molecule has 0 aromatic heterocycles. The van der Waals surface area contributed by atoms with Crippen LogP contribution >= 0.6 is 0 Å². The maximum Gasteiger partial charge on any atom is 0.410 e. The molecule has 0 radical (unpaired) electrons. The molecule has 0 saturated carbocycles. The highest BCUT2D eigenvalue weighted by Crippen LogP contribution is 2.28. The Morgan fingerprint density at radius 2 is 2.08 bits per heavy atom. The molecule has 1 amide bonds. The van der Waals surface area contributed by atoms with E-state index in [1.165, 1.54) is 11.1 Å². The SMILES string of the molecule is CC(NCC(C)N(C)C(=O)OC(C)(C)C)c1ccc2c(c1)CCO2. The summed E-state index contributed by atoms with van der Waals surface area (Å²) < 4.78 is 11.0. The first-order valence-corrected chi connectivity index (χ1v) is 8.62. The number of rotatable bonds is 5. The van der Waals surface area contributed by atoms with Crippen LogP contribution in [0.2, 0.25) is 0 Å². The molecular weight excluding hydrogens is 304 g/mol. The fraction of sp³-hybridized carbons (Fsp3) is 0.632. The summed E-state index contributed by atoms with van der Waals surface area (Å²) in [4.78, 5) is 13.7. The normalized spacial score (nSPS) is 16.1. The summed E-state index contributed by atoms with van der Waals surface area (Å²) in [6.45, 7) is 11.3. The number of likely N-dealkylation sites (N-methyl/N-ethyl adjacent to an activating group) is 1. The van der Waals surface area contributed by atoms with Gasteiger partial charge in [-0.05, 0) is 51.8 Å². The van der Waals surface area contributed by atoms with Crippen LogP contribution in [0.4, 0.5) is 4.79 Å². The Kier molecular flexibility index (Phi) is 5.75. The van der Waals surface area contributed by atoms with Crippen molar-refractivity contribution >= 4 is 6.09 Å². The molecule has 2 unspecified atom stereocenters. The van der Waals surface area contributed by atoms with Crippen LogP contribution in [0.1, 0.15) is 51.8 Å². The van der Waals surface area contributed by atoms with E-state index in [2.05, 4.69) is 24.4 Å². The molecule has 1 aliphatic rings. The van der Waals surface area contributed by atoms with E-state index in [1.54, 1.807) is 11.9 Å². The molecule has 24 heavy (non-hydrogen) atoms. The number of carbonyl (C=O) groups is 1. The Morgan fingerprint density at radius 3 is 2.75 bits per heavy atom. The molecule has 0 bridgehead atoms. The van der Waals surface area contributed by atoms with Gasteiger partial charge in [-0.2, -0.15) is 0 Å². The van der Waals surface area contributed by atoms with Crippen LogP contribution < -0.4 is 10.1 Å². The zero-order valence-corrected chi connectivity index (χ0v) is 15.7. The topological polar surface area (TPSA) is 50.8 Å². The van der Waals surface area contributed by atoms with Gasteiger partial charge in [0.05, 0.1) is 6.61 Å². The van der Waals surface area contributed by atoms with E-state index < -0.39 is 5.60 Å². The fourth-order valence-electron chi connectivity index (χ4n) is 2.59. The number of nitrogens with one attached hydrogen (secondary N) is 1. The minimum Gasteiger partial charge on any atom is -0.493 e. The highest BCUT2D eigenvalue weighted by Gasteiger charge is 2.23. The lowest BCUT2D eigenvalue weighted by molar-refractivity contribution is 0.0234. The molecule has 2 atom stereocenters. The highest BCUT2D eigenvalue weighted by atomic mass is 16.6. The number of hydrogen-bond acceptors (Lipinski definition) is 4. The van der Waals surface area contributed by atoms with E-state index in [4.69, 9.17) is 9.47 Å². The maximum atomic E-state index is 12.1. The second-order valence-corrected chi connectivity index (χ2v) is 7.54. The molecule has 0 spiro atoms. The van der Waals surface area contributed by atoms with Gasteiger partial charge >= 0.3 is 6.09 Å². The third-order valence-corrected chi connectivity index (χ3v) is 4.28. The van der Waals surface area contributed by atoms with Crippen molar-refractivity contribution in [2.45, 2.75) is 58.7 Å². The van der Waals surface area contributed by atoms with Crippen LogP contribution in [-0.4, -0.2) is 42.8 Å². The third-order valence-electron chi connectivity index (χ3n) is 4.28. The Hall–Kier alpha value is -1.75. The molecule has 0 fully saturated rings. The lowest BCUT2D eigenvalue weighted by Crippen LogP contribution is -2.44. The molecule has 1 aliphatic heterocycles. The van der Waals surface area contributed by atoms with E-state index >= 15 is 0 Å². The van der Waals surface area contributed by atoms with E-state index in [0.29, 0.717) is 6.54 Å². The molecular formula is C19H30N2O3. The number of nitrogens with zero attached hydrogens (tertiary/aromatic N) is 1. The summed E-state index contributed by atoms with van der Waals surface area (Å²) in [5.41, 5.74) is 2.05. The van der Waals surface area contributed by atoms with Gasteiger partial charge in [-0.3, -0.25) is 0 Å². The van der Waals surface area contributed by atoms with Crippen molar-refractivity contribution in [2.75, 3.05) is 20.2 Å². The van der Waals surface area contributed by atoms with Crippen molar-refractivity contribution < 1.29 is 14.3 Å². The van der Waals surface area contributed by atoms with Gasteiger partial charge in [0.25, 0.3) is 0 Å². The number of benzene rings is 1. The predicted octanol–water partition coefficient (Wildman–Crippen LogP) is 3.53. The van der Waals surface area contributed by atoms with Crippen molar-refractivity contribution in [3.05, 3.63) is 29.3 Å². The number of fused-ring (bicyclic) bond motifs is 1. The number of carbonyl (C=O) groups excluding carboxylic acids is 1. The number of amides is 1. The molecule has 1 aromatic rings. The molecule has 0 saturated heterocycles. The van der Waals surface area contributed by atoms with Crippen molar-refractivity contribution in [2.24, 2.45) is 0 Å². The van der Waals surface area contributed by atoms with Gasteiger partial charge in [0.2, 0.25) is 0 Å². The van der Waals surface area contributed by atoms with Crippen molar-refractivity contribution in [3.63, 3.8) is 0 Å². The van der Waals surface area contributed by atoms with Gasteiger partial charge in [0, 0.05) is 32.1 Å². The van der Waals surface area contributed by atoms with Gasteiger partial charge in [0.1, 0.15) is 11.4 Å². The zero-order valence-electron chi connectivity index (χ0n) is 15.7. The smallest absolute Gasteiger partial charge is 0.410 e. The molecule has 5 nitrogen and oxygen atoms in total. The first-order valence-electron chi connectivity index (χ1n) is 8.62. The van der Waals surface area contributed by atoms with Crippen LogP contribution in [0.3, 0.4) is 0 Å². The monoisotopic (exact) mass is 334 g/mol. The number of ether oxygens (including phenoxy) is 2. The fourth-order valence-corrected chi connectivity index (χ4v) is 2.59. The summed E-state index contributed by atoms with van der Waals surface area (Å²) in [5, 5.41) is 3.50. The predicted molar refractivity (Wildman–Crippen MR) is 95.5 cm³/mol. The minimum atomic E-state index is -0.474. The van der Waals surface area contributed by atoms with E-state index in [1.807, 2.05) is 33.8 Å². The first-order chi connectivity index (χ1) is 11.2. The first kappa shape index (κ1) is 18.6. The second kappa shape index (κ2) is 7.43. The van der Waals surface area contributed by atoms with E-state index in [0.717, 1.165) is 18.8 Å². The Bertz CT molecular complexity index is 580. The van der Waals surface area contributed by atoms with Crippen LogP contribution in [0.25, 0.3) is 0 Å². The maximum absolute atomic E-state index is 12.1.